The molecule has 18 heavy (non-hydrogen) atoms. The maximum absolute atomic E-state index is 5.47. The van der Waals surface area contributed by atoms with E-state index in [1.807, 2.05) is 20.0 Å². The Morgan fingerprint density at radius 2 is 2.17 bits per heavy atom. The quantitative estimate of drug-likeness (QED) is 0.850. The van der Waals surface area contributed by atoms with Crippen LogP contribution < -0.4 is 10.6 Å². The Hall–Kier alpha value is -1.55. The van der Waals surface area contributed by atoms with Crippen molar-refractivity contribution in [2.75, 3.05) is 25.5 Å². The van der Waals surface area contributed by atoms with Gasteiger partial charge in [0.2, 0.25) is 0 Å². The van der Waals surface area contributed by atoms with Crippen LogP contribution in [0.2, 0.25) is 0 Å². The van der Waals surface area contributed by atoms with Gasteiger partial charge in [-0.1, -0.05) is 0 Å². The lowest BCUT2D eigenvalue weighted by Gasteiger charge is -2.16. The normalized spacial score (nSPS) is 17.0. The number of benzene rings is 1. The number of hydrogen-bond acceptors (Lipinski definition) is 4. The topological polar surface area (TPSA) is 50.1 Å². The Bertz CT molecular complexity index is 557. The molecule has 1 fully saturated rings. The number of oxazole rings is 1. The zero-order valence-electron chi connectivity index (χ0n) is 10.9. The molecule has 0 atom stereocenters. The summed E-state index contributed by atoms with van der Waals surface area (Å²) in [6.07, 6.45) is 2.62. The highest BCUT2D eigenvalue weighted by molar-refractivity contribution is 5.77. The molecule has 96 valence electrons. The number of rotatable bonds is 5. The van der Waals surface area contributed by atoms with E-state index in [-0.39, 0.29) is 0 Å². The molecule has 4 nitrogen and oxygen atoms in total. The van der Waals surface area contributed by atoms with Crippen LogP contribution in [0.15, 0.2) is 22.6 Å². The summed E-state index contributed by atoms with van der Waals surface area (Å²) < 4.78 is 5.47. The van der Waals surface area contributed by atoms with Gasteiger partial charge >= 0.3 is 0 Å². The third kappa shape index (κ3) is 2.20. The van der Waals surface area contributed by atoms with Crippen LogP contribution in [-0.4, -0.2) is 25.1 Å². The number of fused-ring (bicyclic) bond motifs is 1. The number of nitrogens with zero attached hydrogens (tertiary/aromatic N) is 1. The average molecular weight is 245 g/mol. The van der Waals surface area contributed by atoms with Crippen LogP contribution in [-0.2, 0) is 0 Å². The lowest BCUT2D eigenvalue weighted by molar-refractivity contribution is 0.507. The van der Waals surface area contributed by atoms with Crippen LogP contribution >= 0.6 is 0 Å². The fourth-order valence-corrected chi connectivity index (χ4v) is 2.41. The molecular formula is C14H19N3O. The van der Waals surface area contributed by atoms with Gasteiger partial charge in [-0.3, -0.25) is 0 Å². The smallest absolute Gasteiger partial charge is 0.192 e. The summed E-state index contributed by atoms with van der Waals surface area (Å²) in [7, 11) is 2.02. The SMILES string of the molecule is CNCC1(CNc2ccc3oc(C)nc3c2)CC1. The summed E-state index contributed by atoms with van der Waals surface area (Å²) in [5, 5.41) is 6.78. The molecule has 2 aromatic rings. The van der Waals surface area contributed by atoms with Gasteiger partial charge in [-0.2, -0.15) is 0 Å². The van der Waals surface area contributed by atoms with Crippen molar-refractivity contribution in [1.29, 1.82) is 0 Å². The first-order chi connectivity index (χ1) is 8.71. The maximum atomic E-state index is 5.47. The minimum absolute atomic E-state index is 0.462. The molecule has 0 bridgehead atoms. The van der Waals surface area contributed by atoms with Crippen molar-refractivity contribution < 1.29 is 4.42 Å². The number of nitrogens with one attached hydrogen (secondary N) is 2. The zero-order chi connectivity index (χ0) is 12.6. The molecule has 1 aliphatic rings. The Balaban J connectivity index is 1.71. The standard InChI is InChI=1S/C14H19N3O/c1-10-17-12-7-11(3-4-13(12)18-10)16-9-14(5-6-14)8-15-2/h3-4,7,15-16H,5-6,8-9H2,1-2H3. The molecule has 1 aromatic heterocycles. The Kier molecular flexibility index (Phi) is 2.74. The van der Waals surface area contributed by atoms with Crippen LogP contribution in [0.4, 0.5) is 5.69 Å². The van der Waals surface area contributed by atoms with Crippen LogP contribution in [0.3, 0.4) is 0 Å². The molecule has 1 saturated carbocycles. The van der Waals surface area contributed by atoms with Crippen LogP contribution in [0.1, 0.15) is 18.7 Å². The number of aryl methyl sites for hydroxylation is 1. The molecule has 1 heterocycles. The van der Waals surface area contributed by atoms with E-state index in [4.69, 9.17) is 4.42 Å². The molecule has 0 amide bonds. The Morgan fingerprint density at radius 1 is 1.33 bits per heavy atom. The summed E-state index contributed by atoms with van der Waals surface area (Å²) in [5.74, 6) is 0.719. The molecule has 4 heteroatoms. The largest absolute Gasteiger partial charge is 0.441 e. The van der Waals surface area contributed by atoms with Gasteiger partial charge in [0.25, 0.3) is 0 Å². The first kappa shape index (κ1) is 11.5. The number of anilines is 1. The second kappa shape index (κ2) is 4.28. The molecular weight excluding hydrogens is 226 g/mol. The predicted molar refractivity (Wildman–Crippen MR) is 72.8 cm³/mol. The van der Waals surface area contributed by atoms with Gasteiger partial charge in [0, 0.05) is 31.1 Å². The van der Waals surface area contributed by atoms with Gasteiger partial charge < -0.3 is 15.1 Å². The lowest BCUT2D eigenvalue weighted by atomic mass is 10.1. The fraction of sp³-hybridized carbons (Fsp3) is 0.500. The van der Waals surface area contributed by atoms with Crippen molar-refractivity contribution in [1.82, 2.24) is 10.3 Å². The first-order valence-corrected chi connectivity index (χ1v) is 6.46. The van der Waals surface area contributed by atoms with Crippen molar-refractivity contribution in [2.45, 2.75) is 19.8 Å². The van der Waals surface area contributed by atoms with Gasteiger partial charge in [0.15, 0.2) is 11.5 Å². The molecule has 1 aliphatic carbocycles. The van der Waals surface area contributed by atoms with Crippen molar-refractivity contribution in [3.8, 4) is 0 Å². The van der Waals surface area contributed by atoms with E-state index < -0.39 is 0 Å². The summed E-state index contributed by atoms with van der Waals surface area (Å²) in [6, 6.07) is 6.10. The summed E-state index contributed by atoms with van der Waals surface area (Å²) >= 11 is 0. The molecule has 0 radical (unpaired) electrons. The molecule has 3 rings (SSSR count). The van der Waals surface area contributed by atoms with Crippen LogP contribution in [0.5, 0.6) is 0 Å². The van der Waals surface area contributed by atoms with E-state index >= 15 is 0 Å². The minimum atomic E-state index is 0.462. The molecule has 0 aliphatic heterocycles. The zero-order valence-corrected chi connectivity index (χ0v) is 10.9. The molecule has 0 unspecified atom stereocenters. The number of hydrogen-bond donors (Lipinski definition) is 2. The molecule has 0 saturated heterocycles. The van der Waals surface area contributed by atoms with Crippen molar-refractivity contribution in [3.63, 3.8) is 0 Å². The molecule has 2 N–H and O–H groups in total. The molecule has 1 aromatic carbocycles. The van der Waals surface area contributed by atoms with E-state index in [1.54, 1.807) is 0 Å². The summed E-state index contributed by atoms with van der Waals surface area (Å²) in [4.78, 5) is 4.35. The third-order valence-electron chi connectivity index (χ3n) is 3.67. The predicted octanol–water partition coefficient (Wildman–Crippen LogP) is 2.55. The second-order valence-electron chi connectivity index (χ2n) is 5.30. The Morgan fingerprint density at radius 3 is 2.89 bits per heavy atom. The highest BCUT2D eigenvalue weighted by atomic mass is 16.3. The Labute approximate surface area is 107 Å². The highest BCUT2D eigenvalue weighted by Crippen LogP contribution is 2.44. The average Bonchev–Trinajstić information content (AvgIpc) is 3.00. The van der Waals surface area contributed by atoms with Gasteiger partial charge in [0.05, 0.1) is 0 Å². The third-order valence-corrected chi connectivity index (χ3v) is 3.67. The fourth-order valence-electron chi connectivity index (χ4n) is 2.41. The van der Waals surface area contributed by atoms with E-state index in [9.17, 15) is 0 Å². The van der Waals surface area contributed by atoms with Gasteiger partial charge in [-0.05, 0) is 38.1 Å². The van der Waals surface area contributed by atoms with Crippen LogP contribution in [0, 0.1) is 12.3 Å². The first-order valence-electron chi connectivity index (χ1n) is 6.46. The second-order valence-corrected chi connectivity index (χ2v) is 5.30. The van der Waals surface area contributed by atoms with E-state index in [0.29, 0.717) is 5.41 Å². The van der Waals surface area contributed by atoms with E-state index in [1.165, 1.54) is 12.8 Å². The summed E-state index contributed by atoms with van der Waals surface area (Å²) in [6.45, 7) is 3.99. The van der Waals surface area contributed by atoms with Crippen molar-refractivity contribution >= 4 is 16.8 Å². The summed E-state index contributed by atoms with van der Waals surface area (Å²) in [5.41, 5.74) is 3.37. The highest BCUT2D eigenvalue weighted by Gasteiger charge is 2.41. The van der Waals surface area contributed by atoms with Crippen LogP contribution in [0.25, 0.3) is 11.1 Å². The van der Waals surface area contributed by atoms with Gasteiger partial charge in [0.1, 0.15) is 5.52 Å². The van der Waals surface area contributed by atoms with E-state index in [2.05, 4.69) is 27.8 Å². The number of aromatic nitrogens is 1. The van der Waals surface area contributed by atoms with Gasteiger partial charge in [-0.15, -0.1) is 0 Å². The lowest BCUT2D eigenvalue weighted by Crippen LogP contribution is -2.26. The maximum Gasteiger partial charge on any atom is 0.192 e. The monoisotopic (exact) mass is 245 g/mol. The molecule has 0 spiro atoms. The van der Waals surface area contributed by atoms with Crippen molar-refractivity contribution in [2.24, 2.45) is 5.41 Å². The van der Waals surface area contributed by atoms with Crippen molar-refractivity contribution in [3.05, 3.63) is 24.1 Å². The van der Waals surface area contributed by atoms with Gasteiger partial charge in [-0.25, -0.2) is 4.98 Å². The minimum Gasteiger partial charge on any atom is -0.441 e. The van der Waals surface area contributed by atoms with E-state index in [0.717, 1.165) is 35.8 Å².